The van der Waals surface area contributed by atoms with Crippen LogP contribution < -0.4 is 0 Å². The molecule has 1 N–H and O–H groups in total. The van der Waals surface area contributed by atoms with E-state index in [1.807, 2.05) is 19.1 Å². The average molecular weight is 240 g/mol. The molecule has 3 nitrogen and oxygen atoms in total. The number of carboxylic acids is 1. The van der Waals surface area contributed by atoms with E-state index in [0.717, 1.165) is 6.42 Å². The van der Waals surface area contributed by atoms with Gasteiger partial charge >= 0.3 is 5.97 Å². The van der Waals surface area contributed by atoms with Crippen LogP contribution in [0.25, 0.3) is 0 Å². The maximum Gasteiger partial charge on any atom is 0.336 e. The van der Waals surface area contributed by atoms with Crippen LogP contribution in [0, 0.1) is 11.3 Å². The van der Waals surface area contributed by atoms with E-state index in [0.29, 0.717) is 25.4 Å². The Bertz CT molecular complexity index is 307. The van der Waals surface area contributed by atoms with Gasteiger partial charge in [-0.2, -0.15) is 0 Å². The molecular formula is C14H24O3. The van der Waals surface area contributed by atoms with E-state index in [-0.39, 0.29) is 5.41 Å². The molecular weight excluding hydrogens is 216 g/mol. The number of aliphatic carboxylic acids is 1. The molecule has 0 bridgehead atoms. The van der Waals surface area contributed by atoms with E-state index in [4.69, 9.17) is 4.74 Å². The van der Waals surface area contributed by atoms with Crippen LogP contribution in [0.2, 0.25) is 0 Å². The summed E-state index contributed by atoms with van der Waals surface area (Å²) >= 11 is 0. The molecule has 0 spiro atoms. The second-order valence-electron chi connectivity index (χ2n) is 6.03. The molecule has 1 saturated carbocycles. The van der Waals surface area contributed by atoms with E-state index < -0.39 is 11.6 Å². The Kier molecular flexibility index (Phi) is 4.36. The predicted octanol–water partition coefficient (Wildman–Crippen LogP) is 3.25. The topological polar surface area (TPSA) is 46.5 Å². The molecule has 0 aromatic heterocycles. The Morgan fingerprint density at radius 3 is 2.59 bits per heavy atom. The summed E-state index contributed by atoms with van der Waals surface area (Å²) in [5.41, 5.74) is -0.966. The van der Waals surface area contributed by atoms with Crippen LogP contribution in [-0.2, 0) is 9.53 Å². The van der Waals surface area contributed by atoms with Gasteiger partial charge in [0.2, 0.25) is 0 Å². The number of hydrogen-bond acceptors (Lipinski definition) is 2. The minimum atomic E-state index is -0.999. The van der Waals surface area contributed by atoms with Gasteiger partial charge in [-0.25, -0.2) is 4.79 Å². The molecule has 1 aliphatic carbocycles. The summed E-state index contributed by atoms with van der Waals surface area (Å²) in [6, 6.07) is 0. The summed E-state index contributed by atoms with van der Waals surface area (Å²) in [6.07, 6.45) is 6.01. The van der Waals surface area contributed by atoms with Crippen molar-refractivity contribution in [1.82, 2.24) is 0 Å². The van der Waals surface area contributed by atoms with Crippen molar-refractivity contribution in [2.45, 2.75) is 52.6 Å². The molecule has 0 amide bonds. The zero-order valence-corrected chi connectivity index (χ0v) is 11.3. The Hall–Kier alpha value is -0.830. The Morgan fingerprint density at radius 2 is 2.12 bits per heavy atom. The number of allylic oxidation sites excluding steroid dienone is 1. The fraction of sp³-hybridized carbons (Fsp3) is 0.786. The molecule has 0 aromatic carbocycles. The van der Waals surface area contributed by atoms with Crippen LogP contribution in [-0.4, -0.2) is 23.3 Å². The zero-order chi connectivity index (χ0) is 13.1. The van der Waals surface area contributed by atoms with Gasteiger partial charge in [0, 0.05) is 0 Å². The zero-order valence-electron chi connectivity index (χ0n) is 11.3. The minimum absolute atomic E-state index is 0.0337. The second kappa shape index (κ2) is 5.21. The maximum absolute atomic E-state index is 11.6. The largest absolute Gasteiger partial charge is 0.479 e. The second-order valence-corrected chi connectivity index (χ2v) is 6.03. The lowest BCUT2D eigenvalue weighted by molar-refractivity contribution is -0.177. The summed E-state index contributed by atoms with van der Waals surface area (Å²) in [6.45, 7) is 8.65. The number of carbonyl (C=O) groups is 1. The third-order valence-electron chi connectivity index (χ3n) is 3.42. The quantitative estimate of drug-likeness (QED) is 0.767. The fourth-order valence-corrected chi connectivity index (χ4v) is 3.13. The number of ether oxygens (including phenoxy) is 1. The molecule has 2 atom stereocenters. The SMILES string of the molecule is CC=CCOC1(C(=O)O)CC(C)CC(C)(C)C1. The third-order valence-corrected chi connectivity index (χ3v) is 3.42. The molecule has 2 unspecified atom stereocenters. The molecule has 0 saturated heterocycles. The smallest absolute Gasteiger partial charge is 0.336 e. The monoisotopic (exact) mass is 240 g/mol. The minimum Gasteiger partial charge on any atom is -0.479 e. The lowest BCUT2D eigenvalue weighted by atomic mass is 9.65. The summed E-state index contributed by atoms with van der Waals surface area (Å²) < 4.78 is 5.69. The van der Waals surface area contributed by atoms with E-state index in [9.17, 15) is 9.90 Å². The first-order chi connectivity index (χ1) is 7.81. The predicted molar refractivity (Wildman–Crippen MR) is 67.9 cm³/mol. The highest BCUT2D eigenvalue weighted by atomic mass is 16.5. The molecule has 0 heterocycles. The van der Waals surface area contributed by atoms with Crippen molar-refractivity contribution >= 4 is 5.97 Å². The lowest BCUT2D eigenvalue weighted by Crippen LogP contribution is -2.50. The Balaban J connectivity index is 2.86. The molecule has 3 heteroatoms. The van der Waals surface area contributed by atoms with Crippen molar-refractivity contribution in [3.05, 3.63) is 12.2 Å². The van der Waals surface area contributed by atoms with Crippen molar-refractivity contribution in [3.63, 3.8) is 0 Å². The van der Waals surface area contributed by atoms with Crippen molar-refractivity contribution in [2.75, 3.05) is 6.61 Å². The number of hydrogen-bond donors (Lipinski definition) is 1. The first-order valence-electron chi connectivity index (χ1n) is 6.30. The average Bonchev–Trinajstić information content (AvgIpc) is 2.14. The van der Waals surface area contributed by atoms with Gasteiger partial charge in [0.25, 0.3) is 0 Å². The van der Waals surface area contributed by atoms with E-state index >= 15 is 0 Å². The summed E-state index contributed by atoms with van der Waals surface area (Å²) in [7, 11) is 0. The number of carboxylic acid groups (broad SMARTS) is 1. The molecule has 0 radical (unpaired) electrons. The van der Waals surface area contributed by atoms with Gasteiger partial charge in [0.15, 0.2) is 5.60 Å². The van der Waals surface area contributed by atoms with Crippen LogP contribution in [0.15, 0.2) is 12.2 Å². The fourth-order valence-electron chi connectivity index (χ4n) is 3.13. The van der Waals surface area contributed by atoms with Crippen molar-refractivity contribution < 1.29 is 14.6 Å². The van der Waals surface area contributed by atoms with Gasteiger partial charge < -0.3 is 9.84 Å². The van der Waals surface area contributed by atoms with Crippen molar-refractivity contribution in [1.29, 1.82) is 0 Å². The van der Waals surface area contributed by atoms with Crippen molar-refractivity contribution in [3.8, 4) is 0 Å². The summed E-state index contributed by atoms with van der Waals surface area (Å²) in [4.78, 5) is 11.6. The van der Waals surface area contributed by atoms with Crippen LogP contribution in [0.4, 0.5) is 0 Å². The van der Waals surface area contributed by atoms with Crippen LogP contribution in [0.1, 0.15) is 47.0 Å². The summed E-state index contributed by atoms with van der Waals surface area (Å²) in [5, 5.41) is 9.49. The Labute approximate surface area is 104 Å². The van der Waals surface area contributed by atoms with E-state index in [1.54, 1.807) is 0 Å². The molecule has 1 fully saturated rings. The van der Waals surface area contributed by atoms with Gasteiger partial charge in [-0.05, 0) is 37.5 Å². The molecule has 1 aliphatic rings. The van der Waals surface area contributed by atoms with E-state index in [2.05, 4.69) is 20.8 Å². The van der Waals surface area contributed by atoms with Gasteiger partial charge in [-0.15, -0.1) is 0 Å². The standard InChI is InChI=1S/C14H24O3/c1-5-6-7-17-14(12(15)16)9-11(2)8-13(3,4)10-14/h5-6,11H,7-10H2,1-4H3,(H,15,16). The van der Waals surface area contributed by atoms with E-state index in [1.165, 1.54) is 0 Å². The van der Waals surface area contributed by atoms with Crippen LogP contribution in [0.3, 0.4) is 0 Å². The van der Waals surface area contributed by atoms with Gasteiger partial charge in [0.1, 0.15) is 0 Å². The van der Waals surface area contributed by atoms with Gasteiger partial charge in [-0.1, -0.05) is 32.9 Å². The van der Waals surface area contributed by atoms with Crippen molar-refractivity contribution in [2.24, 2.45) is 11.3 Å². The highest BCUT2D eigenvalue weighted by Crippen LogP contribution is 2.45. The van der Waals surface area contributed by atoms with Crippen LogP contribution >= 0.6 is 0 Å². The van der Waals surface area contributed by atoms with Gasteiger partial charge in [0.05, 0.1) is 6.61 Å². The first kappa shape index (κ1) is 14.2. The maximum atomic E-state index is 11.6. The molecule has 98 valence electrons. The molecule has 17 heavy (non-hydrogen) atoms. The molecule has 0 aliphatic heterocycles. The third kappa shape index (κ3) is 3.56. The highest BCUT2D eigenvalue weighted by Gasteiger charge is 2.49. The van der Waals surface area contributed by atoms with Gasteiger partial charge in [-0.3, -0.25) is 0 Å². The summed E-state index contributed by atoms with van der Waals surface area (Å²) in [5.74, 6) is -0.429. The normalized spacial score (nSPS) is 32.8. The highest BCUT2D eigenvalue weighted by molar-refractivity contribution is 5.77. The molecule has 0 aromatic rings. The first-order valence-corrected chi connectivity index (χ1v) is 6.30. The molecule has 1 rings (SSSR count). The lowest BCUT2D eigenvalue weighted by Gasteiger charge is -2.44. The van der Waals surface area contributed by atoms with Crippen LogP contribution in [0.5, 0.6) is 0 Å². The Morgan fingerprint density at radius 1 is 1.47 bits per heavy atom. The number of rotatable bonds is 4.